The third-order valence-corrected chi connectivity index (χ3v) is 3.03. The highest BCUT2D eigenvalue weighted by atomic mass is 14.4. The van der Waals surface area contributed by atoms with E-state index < -0.39 is 0 Å². The maximum absolute atomic E-state index is 4.02. The van der Waals surface area contributed by atoms with Gasteiger partial charge in [0.05, 0.1) is 0 Å². The Kier molecular flexibility index (Phi) is 2.22. The van der Waals surface area contributed by atoms with E-state index in [2.05, 4.69) is 40.3 Å². The third-order valence-electron chi connectivity index (χ3n) is 3.03. The quantitative estimate of drug-likeness (QED) is 0.502. The highest BCUT2D eigenvalue weighted by molar-refractivity contribution is 5.27. The van der Waals surface area contributed by atoms with E-state index in [1.54, 1.807) is 5.57 Å². The Balaban J connectivity index is 2.72. The number of hydrogen-bond donors (Lipinski definition) is 0. The first-order valence-electron chi connectivity index (χ1n) is 4.41. The van der Waals surface area contributed by atoms with Crippen molar-refractivity contribution in [3.63, 3.8) is 0 Å². The van der Waals surface area contributed by atoms with Crippen molar-refractivity contribution in [1.82, 2.24) is 0 Å². The average Bonchev–Trinajstić information content (AvgIpc) is 1.87. The molecule has 0 aromatic rings. The van der Waals surface area contributed by atoms with Crippen LogP contribution >= 0.6 is 0 Å². The van der Waals surface area contributed by atoms with Gasteiger partial charge in [0.1, 0.15) is 0 Å². The van der Waals surface area contributed by atoms with Gasteiger partial charge in [-0.15, -0.1) is 0 Å². The Morgan fingerprint density at radius 1 is 1.36 bits per heavy atom. The second kappa shape index (κ2) is 2.84. The van der Waals surface area contributed by atoms with Gasteiger partial charge in [0.15, 0.2) is 0 Å². The first-order valence-corrected chi connectivity index (χ1v) is 4.41. The molecule has 1 aliphatic carbocycles. The first-order chi connectivity index (χ1) is 5.09. The molecule has 1 saturated carbocycles. The third kappa shape index (κ3) is 1.15. The van der Waals surface area contributed by atoms with Gasteiger partial charge in [-0.25, -0.2) is 0 Å². The fourth-order valence-electron chi connectivity index (χ4n) is 2.52. The van der Waals surface area contributed by atoms with Gasteiger partial charge in [0, 0.05) is 0 Å². The highest BCUT2D eigenvalue weighted by Gasteiger charge is 2.39. The summed E-state index contributed by atoms with van der Waals surface area (Å²) in [4.78, 5) is 0. The molecule has 0 spiro atoms. The van der Waals surface area contributed by atoms with E-state index in [1.807, 2.05) is 0 Å². The molecule has 1 rings (SSSR count). The molecule has 0 saturated heterocycles. The van der Waals surface area contributed by atoms with Gasteiger partial charge in [0.2, 0.25) is 0 Å². The molecule has 1 aliphatic rings. The highest BCUT2D eigenvalue weighted by Crippen LogP contribution is 2.48. The molecule has 2 atom stereocenters. The lowest BCUT2D eigenvalue weighted by Gasteiger charge is -2.45. The zero-order chi connectivity index (χ0) is 8.59. The molecule has 0 aliphatic heterocycles. The van der Waals surface area contributed by atoms with Crippen LogP contribution in [0.3, 0.4) is 0 Å². The van der Waals surface area contributed by atoms with Gasteiger partial charge >= 0.3 is 0 Å². The minimum absolute atomic E-state index is 0.737. The van der Waals surface area contributed by atoms with Crippen LogP contribution in [-0.4, -0.2) is 0 Å². The zero-order valence-electron chi connectivity index (χ0n) is 8.02. The van der Waals surface area contributed by atoms with E-state index in [-0.39, 0.29) is 0 Å². The second-order valence-corrected chi connectivity index (χ2v) is 3.74. The van der Waals surface area contributed by atoms with Crippen LogP contribution in [-0.2, 0) is 0 Å². The zero-order valence-corrected chi connectivity index (χ0v) is 8.02. The number of allylic oxidation sites excluding steroid dienone is 3. The molecule has 0 heterocycles. The lowest BCUT2D eigenvalue weighted by atomic mass is 9.60. The van der Waals surface area contributed by atoms with Crippen molar-refractivity contribution in [3.05, 3.63) is 23.8 Å². The number of hydrogen-bond acceptors (Lipinski definition) is 0. The minimum atomic E-state index is 0.737. The van der Waals surface area contributed by atoms with E-state index in [4.69, 9.17) is 0 Å². The van der Waals surface area contributed by atoms with Gasteiger partial charge in [-0.05, 0) is 31.6 Å². The van der Waals surface area contributed by atoms with Crippen LogP contribution < -0.4 is 0 Å². The van der Waals surface area contributed by atoms with Crippen LogP contribution in [0.5, 0.6) is 0 Å². The maximum atomic E-state index is 4.02. The Morgan fingerprint density at radius 2 is 1.82 bits per heavy atom. The second-order valence-electron chi connectivity index (χ2n) is 3.74. The first kappa shape index (κ1) is 8.58. The van der Waals surface area contributed by atoms with Crippen molar-refractivity contribution in [2.75, 3.05) is 0 Å². The molecule has 0 radical (unpaired) electrons. The smallest absolute Gasteiger partial charge is 0.00825 e. The molecule has 0 nitrogen and oxygen atoms in total. The SMILES string of the molecule is C=C(C)C1C(C)C(=CC)C1C. The molecule has 0 aromatic heterocycles. The standard InChI is InChI=1S/C11H18/c1-6-10-8(4)11(7(2)3)9(10)5/h6,8-9,11H,2H2,1,3-5H3. The topological polar surface area (TPSA) is 0 Å². The van der Waals surface area contributed by atoms with Gasteiger partial charge in [-0.3, -0.25) is 0 Å². The van der Waals surface area contributed by atoms with Crippen molar-refractivity contribution in [2.24, 2.45) is 17.8 Å². The average molecular weight is 150 g/mol. The summed E-state index contributed by atoms with van der Waals surface area (Å²) in [5, 5.41) is 0. The fourth-order valence-corrected chi connectivity index (χ4v) is 2.52. The van der Waals surface area contributed by atoms with Gasteiger partial charge < -0.3 is 0 Å². The summed E-state index contributed by atoms with van der Waals surface area (Å²) in [5.74, 6) is 2.22. The molecular weight excluding hydrogens is 132 g/mol. The van der Waals surface area contributed by atoms with Crippen LogP contribution in [0.15, 0.2) is 23.8 Å². The van der Waals surface area contributed by atoms with E-state index in [9.17, 15) is 0 Å². The van der Waals surface area contributed by atoms with Crippen molar-refractivity contribution < 1.29 is 0 Å². The molecule has 0 amide bonds. The van der Waals surface area contributed by atoms with E-state index >= 15 is 0 Å². The normalized spacial score (nSPS) is 36.4. The summed E-state index contributed by atoms with van der Waals surface area (Å²) < 4.78 is 0. The van der Waals surface area contributed by atoms with Crippen LogP contribution in [0.1, 0.15) is 27.7 Å². The minimum Gasteiger partial charge on any atom is -0.0998 e. The summed E-state index contributed by atoms with van der Waals surface area (Å²) in [6.45, 7) is 12.9. The molecule has 11 heavy (non-hydrogen) atoms. The Morgan fingerprint density at radius 3 is 2.09 bits per heavy atom. The molecule has 62 valence electrons. The van der Waals surface area contributed by atoms with Crippen molar-refractivity contribution in [3.8, 4) is 0 Å². The molecule has 0 aromatic carbocycles. The van der Waals surface area contributed by atoms with Crippen LogP contribution in [0.4, 0.5) is 0 Å². The van der Waals surface area contributed by atoms with Crippen LogP contribution in [0, 0.1) is 17.8 Å². The summed E-state index contributed by atoms with van der Waals surface area (Å²) in [6, 6.07) is 0. The van der Waals surface area contributed by atoms with Gasteiger partial charge in [0.25, 0.3) is 0 Å². The van der Waals surface area contributed by atoms with E-state index in [0.717, 1.165) is 17.8 Å². The maximum Gasteiger partial charge on any atom is -0.00825 e. The molecule has 2 unspecified atom stereocenters. The Hall–Kier alpha value is -0.520. The Labute approximate surface area is 70.0 Å². The molecular formula is C11H18. The fraction of sp³-hybridized carbons (Fsp3) is 0.636. The molecule has 0 heteroatoms. The molecule has 1 fully saturated rings. The predicted octanol–water partition coefficient (Wildman–Crippen LogP) is 3.41. The lowest BCUT2D eigenvalue weighted by molar-refractivity contribution is 0.244. The summed E-state index contributed by atoms with van der Waals surface area (Å²) in [6.07, 6.45) is 2.26. The summed E-state index contributed by atoms with van der Waals surface area (Å²) in [5.41, 5.74) is 2.95. The van der Waals surface area contributed by atoms with E-state index in [1.165, 1.54) is 5.57 Å². The molecule has 0 bridgehead atoms. The predicted molar refractivity (Wildman–Crippen MR) is 50.4 cm³/mol. The van der Waals surface area contributed by atoms with Gasteiger partial charge in [-0.2, -0.15) is 0 Å². The van der Waals surface area contributed by atoms with Crippen LogP contribution in [0.25, 0.3) is 0 Å². The van der Waals surface area contributed by atoms with Crippen molar-refractivity contribution in [1.29, 1.82) is 0 Å². The van der Waals surface area contributed by atoms with E-state index in [0.29, 0.717) is 0 Å². The summed E-state index contributed by atoms with van der Waals surface area (Å²) in [7, 11) is 0. The van der Waals surface area contributed by atoms with Crippen LogP contribution in [0.2, 0.25) is 0 Å². The molecule has 0 N–H and O–H groups in total. The summed E-state index contributed by atoms with van der Waals surface area (Å²) >= 11 is 0. The van der Waals surface area contributed by atoms with Gasteiger partial charge in [-0.1, -0.05) is 37.6 Å². The number of rotatable bonds is 1. The van der Waals surface area contributed by atoms with Crippen molar-refractivity contribution in [2.45, 2.75) is 27.7 Å². The van der Waals surface area contributed by atoms with Crippen molar-refractivity contribution >= 4 is 0 Å². The Bertz CT molecular complexity index is 186. The largest absolute Gasteiger partial charge is 0.0998 e. The lowest BCUT2D eigenvalue weighted by Crippen LogP contribution is -2.36. The monoisotopic (exact) mass is 150 g/mol.